The zero-order chi connectivity index (χ0) is 32.2. The van der Waals surface area contributed by atoms with E-state index in [-0.39, 0.29) is 60.2 Å². The number of sulfonamides is 2. The molecule has 248 valence electrons. The van der Waals surface area contributed by atoms with Crippen molar-refractivity contribution in [2.75, 3.05) is 11.1 Å². The van der Waals surface area contributed by atoms with Gasteiger partial charge in [0.2, 0.25) is 0 Å². The molecular formula is C30H33BrF3I2N3O4S2-2. The molecule has 1 atom stereocenters. The summed E-state index contributed by atoms with van der Waals surface area (Å²) >= 11 is 2.12. The number of alkyl halides is 6. The van der Waals surface area contributed by atoms with Gasteiger partial charge in [-0.15, -0.1) is 0 Å². The predicted molar refractivity (Wildman–Crippen MR) is 161 cm³/mol. The summed E-state index contributed by atoms with van der Waals surface area (Å²) in [6.45, 7) is 0.904. The van der Waals surface area contributed by atoms with E-state index < -0.39 is 53.3 Å². The maximum atomic E-state index is 14.0. The van der Waals surface area contributed by atoms with Crippen LogP contribution >= 0.6 is 15.9 Å². The van der Waals surface area contributed by atoms with Crippen LogP contribution in [0.1, 0.15) is 48.8 Å². The number of nitrogens with zero attached hydrogens (tertiary/aromatic N) is 2. The summed E-state index contributed by atoms with van der Waals surface area (Å²) in [6, 6.07) is 17.8. The Labute approximate surface area is 292 Å². The van der Waals surface area contributed by atoms with E-state index in [2.05, 4.69) is 21.2 Å². The molecule has 15 heteroatoms. The monoisotopic (exact) mass is 953 g/mol. The molecule has 0 bridgehead atoms. The molecule has 0 amide bonds. The molecule has 2 fully saturated rings. The van der Waals surface area contributed by atoms with Crippen molar-refractivity contribution in [1.29, 1.82) is 0 Å². The van der Waals surface area contributed by atoms with Gasteiger partial charge in [-0.05, 0) is 6.07 Å². The third kappa shape index (κ3) is 9.00. The van der Waals surface area contributed by atoms with Crippen LogP contribution in [0, 0.1) is 0 Å². The number of nitrogens with one attached hydrogen (secondary N) is 1. The number of halogens is 6. The minimum absolute atomic E-state index is 0.0263. The minimum atomic E-state index is -4.58. The molecule has 45 heavy (non-hydrogen) atoms. The standard InChI is InChI=1S/C30H33BrF3I2N3O4S2/c31-25-17-23(16-24(18-25)30(32,33)34)19-38(26-8-4-5-9-26)44(40,41)27-10-12-28(13-11-27)45(42,43)39(20-22-6-2-1-3-7-22)36-29-14-15-37-21-35-29/h1-3,6-7,10-13,16-18,26,29,37H,4-5,8-9,14-15,19-21H2/q-2. The van der Waals surface area contributed by atoms with E-state index in [4.69, 9.17) is 0 Å². The van der Waals surface area contributed by atoms with E-state index >= 15 is 0 Å². The first kappa shape index (κ1) is 35.5. The van der Waals surface area contributed by atoms with Gasteiger partial charge in [-0.25, -0.2) is 0 Å². The van der Waals surface area contributed by atoms with Gasteiger partial charge in [-0.3, -0.25) is 0 Å². The Kier molecular flexibility index (Phi) is 11.9. The maximum absolute atomic E-state index is 14.0. The molecule has 1 unspecified atom stereocenters. The molecule has 2 aliphatic rings. The predicted octanol–water partition coefficient (Wildman–Crippen LogP) is 0.162. The van der Waals surface area contributed by atoms with Crippen molar-refractivity contribution in [3.05, 3.63) is 94.0 Å². The van der Waals surface area contributed by atoms with Gasteiger partial charge in [0.15, 0.2) is 0 Å². The van der Waals surface area contributed by atoms with Crippen LogP contribution in [0.25, 0.3) is 0 Å². The first-order valence-electron chi connectivity index (χ1n) is 14.3. The van der Waals surface area contributed by atoms with Crippen LogP contribution in [0.5, 0.6) is 0 Å². The summed E-state index contributed by atoms with van der Waals surface area (Å²) < 4.78 is 101. The van der Waals surface area contributed by atoms with E-state index in [1.165, 1.54) is 34.6 Å². The number of rotatable bonds is 11. The molecule has 3 aromatic carbocycles. The Balaban J connectivity index is 1.43. The van der Waals surface area contributed by atoms with Crippen LogP contribution < -0.4 is 48.0 Å². The van der Waals surface area contributed by atoms with Crippen LogP contribution in [0.15, 0.2) is 87.1 Å². The third-order valence-corrected chi connectivity index (χ3v) is 22.0. The van der Waals surface area contributed by atoms with E-state index in [9.17, 15) is 30.0 Å². The number of benzene rings is 3. The molecule has 1 saturated heterocycles. The van der Waals surface area contributed by atoms with Crippen LogP contribution in [0.2, 0.25) is 0 Å². The average molecular weight is 954 g/mol. The fourth-order valence-electron chi connectivity index (χ4n) is 5.31. The van der Waals surface area contributed by atoms with Crippen molar-refractivity contribution < 1.29 is 72.7 Å². The van der Waals surface area contributed by atoms with Crippen LogP contribution in [-0.2, 0) is 39.3 Å². The SMILES string of the molecule is O=S(=O)(c1ccc(S(=O)(=O)N(Cc2cc(Br)cc(C(F)(F)F)c2)C2CCCC2)cc1)N(Cc1ccccc1)[I-]C1CCNC[I-]1. The third-order valence-electron chi connectivity index (χ3n) is 7.59. The van der Waals surface area contributed by atoms with Gasteiger partial charge < -0.3 is 0 Å². The van der Waals surface area contributed by atoms with Gasteiger partial charge in [0.1, 0.15) is 0 Å². The van der Waals surface area contributed by atoms with Gasteiger partial charge in [0, 0.05) is 0 Å². The molecule has 1 N–H and O–H groups in total. The zero-order valence-electron chi connectivity index (χ0n) is 24.1. The van der Waals surface area contributed by atoms with E-state index in [1.54, 1.807) is 2.52 Å². The fourth-order valence-corrected chi connectivity index (χ4v) is 19.6. The van der Waals surface area contributed by atoms with E-state index in [0.717, 1.165) is 48.1 Å². The molecule has 1 aliphatic heterocycles. The molecule has 1 heterocycles. The second-order valence-corrected chi connectivity index (χ2v) is 24.9. The van der Waals surface area contributed by atoms with Gasteiger partial charge in [-0.2, -0.15) is 13.2 Å². The molecule has 5 rings (SSSR count). The molecule has 1 aliphatic carbocycles. The Morgan fingerprint density at radius 2 is 1.49 bits per heavy atom. The second-order valence-electron chi connectivity index (χ2n) is 10.8. The summed E-state index contributed by atoms with van der Waals surface area (Å²) in [4.78, 5) is -0.0636. The number of hydrogen-bond donors (Lipinski definition) is 1. The first-order valence-corrected chi connectivity index (χ1v) is 23.0. The molecule has 7 nitrogen and oxygen atoms in total. The average Bonchev–Trinajstić information content (AvgIpc) is 3.54. The first-order chi connectivity index (χ1) is 21.3. The topological polar surface area (TPSA) is 86.8 Å². The normalized spacial score (nSPS) is 18.8. The number of hydrogen-bond acceptors (Lipinski definition) is 5. The van der Waals surface area contributed by atoms with E-state index in [1.807, 2.05) is 30.3 Å². The van der Waals surface area contributed by atoms with Crippen LogP contribution in [-0.4, -0.2) is 42.7 Å². The van der Waals surface area contributed by atoms with Crippen molar-refractivity contribution >= 4 is 36.0 Å². The molecule has 1 saturated carbocycles. The summed E-state index contributed by atoms with van der Waals surface area (Å²) in [5.41, 5.74) is 0.243. The summed E-state index contributed by atoms with van der Waals surface area (Å²) in [6.07, 6.45) is -0.784. The molecule has 0 aromatic heterocycles. The summed E-state index contributed by atoms with van der Waals surface area (Å²) in [5.74, 6) is 0. The summed E-state index contributed by atoms with van der Waals surface area (Å²) in [5, 5.41) is 3.37. The van der Waals surface area contributed by atoms with Crippen molar-refractivity contribution in [3.63, 3.8) is 0 Å². The quantitative estimate of drug-likeness (QED) is 0.128. The Bertz CT molecular complexity index is 1670. The van der Waals surface area contributed by atoms with Crippen molar-refractivity contribution in [3.8, 4) is 0 Å². The fraction of sp³-hybridized carbons (Fsp3) is 0.400. The van der Waals surface area contributed by atoms with E-state index in [0.29, 0.717) is 14.8 Å². The Morgan fingerprint density at radius 1 is 0.844 bits per heavy atom. The van der Waals surface area contributed by atoms with Gasteiger partial charge >= 0.3 is 260 Å². The van der Waals surface area contributed by atoms with Gasteiger partial charge in [0.05, 0.1) is 0 Å². The Morgan fingerprint density at radius 3 is 2.09 bits per heavy atom. The van der Waals surface area contributed by atoms with Crippen LogP contribution in [0.3, 0.4) is 0 Å². The Hall–Kier alpha value is -0.830. The summed E-state index contributed by atoms with van der Waals surface area (Å²) in [7, 11) is -8.07. The zero-order valence-corrected chi connectivity index (χ0v) is 31.6. The molecule has 3 aromatic rings. The van der Waals surface area contributed by atoms with Crippen molar-refractivity contribution in [2.24, 2.45) is 0 Å². The molecule has 0 radical (unpaired) electrons. The molecule has 0 spiro atoms. The van der Waals surface area contributed by atoms with Crippen LogP contribution in [0.4, 0.5) is 13.2 Å². The van der Waals surface area contributed by atoms with Gasteiger partial charge in [-0.1, -0.05) is 15.9 Å². The van der Waals surface area contributed by atoms with Crippen molar-refractivity contribution in [2.45, 2.75) is 69.1 Å². The second kappa shape index (κ2) is 15.2. The van der Waals surface area contributed by atoms with Gasteiger partial charge in [0.25, 0.3) is 0 Å². The van der Waals surface area contributed by atoms with Crippen molar-refractivity contribution in [1.82, 2.24) is 12.1 Å². The molecular weight excluding hydrogens is 921 g/mol.